The van der Waals surface area contributed by atoms with E-state index in [9.17, 15) is 22.9 Å². The van der Waals surface area contributed by atoms with Crippen molar-refractivity contribution in [1.29, 1.82) is 0 Å². The maximum absolute atomic E-state index is 14.8. The molecule has 1 unspecified atom stereocenters. The first-order valence-corrected chi connectivity index (χ1v) is 11.8. The Balaban J connectivity index is 0.00000289. The van der Waals surface area contributed by atoms with E-state index in [2.05, 4.69) is 9.68 Å². The molecule has 0 aliphatic heterocycles. The van der Waals surface area contributed by atoms with E-state index in [1.807, 2.05) is 0 Å². The van der Waals surface area contributed by atoms with Gasteiger partial charge >= 0.3 is 6.03 Å². The molecular formula is C22H27F2N3O3S2. The third kappa shape index (κ3) is 4.54. The predicted molar refractivity (Wildman–Crippen MR) is 125 cm³/mol. The Morgan fingerprint density at radius 2 is 1.59 bits per heavy atom. The molecule has 174 valence electrons. The molecule has 6 nitrogen and oxygen atoms in total. The number of benzene rings is 2. The van der Waals surface area contributed by atoms with Crippen molar-refractivity contribution in [3.8, 4) is 0 Å². The van der Waals surface area contributed by atoms with Crippen molar-refractivity contribution in [2.75, 3.05) is 5.32 Å². The fraction of sp³-hybridized carbons (Fsp3) is 0.409. The minimum atomic E-state index is -3.78. The fourth-order valence-electron chi connectivity index (χ4n) is 4.43. The molecule has 2 aromatic rings. The summed E-state index contributed by atoms with van der Waals surface area (Å²) in [6.07, 6.45) is 4.12. The average Bonchev–Trinajstić information content (AvgIpc) is 3.33. The molecule has 0 bridgehead atoms. The summed E-state index contributed by atoms with van der Waals surface area (Å²) in [7, 11) is -3.78. The van der Waals surface area contributed by atoms with Crippen LogP contribution in [0.15, 0.2) is 27.5 Å². The second-order valence-corrected chi connectivity index (χ2v) is 10.4. The molecule has 10 heteroatoms. The van der Waals surface area contributed by atoms with Crippen LogP contribution in [-0.4, -0.2) is 15.3 Å². The number of fused-ring (bicyclic) bond motifs is 2. The lowest BCUT2D eigenvalue weighted by Crippen LogP contribution is -2.21. The first kappa shape index (κ1) is 24.6. The molecule has 4 N–H and O–H groups in total. The molecule has 0 spiro atoms. The number of anilines is 1. The summed E-state index contributed by atoms with van der Waals surface area (Å²) < 4.78 is 45.4. The number of carbonyl (C=O) groups excluding carboxylic acids is 1. The number of rotatable bonds is 3. The summed E-state index contributed by atoms with van der Waals surface area (Å²) in [5, 5.41) is 18.6. The second kappa shape index (κ2) is 8.74. The van der Waals surface area contributed by atoms with E-state index in [0.29, 0.717) is 42.5 Å². The lowest BCUT2D eigenvalue weighted by molar-refractivity contribution is 0.0780. The number of halogens is 2. The van der Waals surface area contributed by atoms with Gasteiger partial charge in [0.2, 0.25) is 0 Å². The highest BCUT2D eigenvalue weighted by atomic mass is 32.2. The Morgan fingerprint density at radius 1 is 1.06 bits per heavy atom. The third-order valence-electron chi connectivity index (χ3n) is 5.94. The minimum absolute atomic E-state index is 0. The lowest BCUT2D eigenvalue weighted by Gasteiger charge is -2.19. The number of hydrogen-bond acceptors (Lipinski definition) is 3. The molecule has 4 rings (SSSR count). The number of nitrogens with one attached hydrogen (secondary N) is 1. The summed E-state index contributed by atoms with van der Waals surface area (Å²) in [4.78, 5) is 12.5. The molecule has 0 aromatic heterocycles. The van der Waals surface area contributed by atoms with Crippen LogP contribution in [0, 0.1) is 11.6 Å². The zero-order chi connectivity index (χ0) is 22.6. The molecule has 2 aliphatic rings. The summed E-state index contributed by atoms with van der Waals surface area (Å²) in [5.74, 6) is -0.922. The van der Waals surface area contributed by atoms with E-state index < -0.39 is 27.4 Å². The number of hydrogen-bond donors (Lipinski definition) is 3. The predicted octanol–water partition coefficient (Wildman–Crippen LogP) is 4.22. The van der Waals surface area contributed by atoms with Crippen LogP contribution in [0.3, 0.4) is 0 Å². The maximum Gasteiger partial charge on any atom is 0.354 e. The molecule has 0 saturated heterocycles. The second-order valence-electron chi connectivity index (χ2n) is 8.64. The van der Waals surface area contributed by atoms with Gasteiger partial charge < -0.3 is 10.4 Å². The van der Waals surface area contributed by atoms with Gasteiger partial charge in [-0.3, -0.25) is 0 Å². The van der Waals surface area contributed by atoms with Crippen molar-refractivity contribution in [2.24, 2.45) is 9.50 Å². The molecule has 0 fully saturated rings. The van der Waals surface area contributed by atoms with Crippen LogP contribution in [0.5, 0.6) is 0 Å². The van der Waals surface area contributed by atoms with Crippen molar-refractivity contribution >= 4 is 35.1 Å². The molecule has 2 amide bonds. The Labute approximate surface area is 193 Å². The largest absolute Gasteiger partial charge is 0.386 e. The standard InChI is InChI=1S/C22H25F2N3O3S.H2S/c1-22(2,29)12-9-13(23)11-14(10-12)31(25,30)27-21(28)26-20-17-7-3-5-15(17)19(24)16-6-4-8-18(16)20;/h9-11,29H,3-8H2,1-2H3,(H3,25,26,27,28,30);1H2. The molecular weight excluding hydrogens is 456 g/mol. The van der Waals surface area contributed by atoms with Crippen LogP contribution in [0.25, 0.3) is 0 Å². The zero-order valence-corrected chi connectivity index (χ0v) is 19.7. The van der Waals surface area contributed by atoms with Crippen LogP contribution in [0.2, 0.25) is 0 Å². The number of aliphatic hydroxyl groups is 1. The van der Waals surface area contributed by atoms with Crippen molar-refractivity contribution in [1.82, 2.24) is 0 Å². The van der Waals surface area contributed by atoms with E-state index in [0.717, 1.165) is 36.1 Å². The Bertz CT molecular complexity index is 1180. The van der Waals surface area contributed by atoms with E-state index in [-0.39, 0.29) is 29.8 Å². The molecule has 1 atom stereocenters. The SMILES string of the molecule is CC(C)(O)c1cc(F)cc(S(N)(=O)=NC(=O)Nc2c3c(c(F)c4c2CCC4)CCC3)c1.S. The van der Waals surface area contributed by atoms with Gasteiger partial charge in [-0.25, -0.2) is 22.9 Å². The van der Waals surface area contributed by atoms with Gasteiger partial charge in [0.1, 0.15) is 21.5 Å². The van der Waals surface area contributed by atoms with Gasteiger partial charge in [-0.1, -0.05) is 0 Å². The molecule has 0 radical (unpaired) electrons. The summed E-state index contributed by atoms with van der Waals surface area (Å²) in [6.45, 7) is 2.90. The van der Waals surface area contributed by atoms with Gasteiger partial charge in [-0.05, 0) is 98.4 Å². The van der Waals surface area contributed by atoms with Crippen molar-refractivity contribution < 1.29 is 22.9 Å². The minimum Gasteiger partial charge on any atom is -0.386 e. The van der Waals surface area contributed by atoms with E-state index in [4.69, 9.17) is 5.14 Å². The maximum atomic E-state index is 14.8. The van der Waals surface area contributed by atoms with Crippen LogP contribution in [0.4, 0.5) is 19.3 Å². The quantitative estimate of drug-likeness (QED) is 0.609. The summed E-state index contributed by atoms with van der Waals surface area (Å²) in [6, 6.07) is 2.37. The number of nitrogens with zero attached hydrogens (tertiary/aromatic N) is 1. The highest BCUT2D eigenvalue weighted by Crippen LogP contribution is 2.41. The number of carbonyl (C=O) groups is 1. The first-order chi connectivity index (χ1) is 14.5. The average molecular weight is 484 g/mol. The van der Waals surface area contributed by atoms with Crippen molar-refractivity contribution in [3.05, 3.63) is 57.7 Å². The Kier molecular flexibility index (Phi) is 6.72. The monoisotopic (exact) mass is 483 g/mol. The Morgan fingerprint density at radius 3 is 2.12 bits per heavy atom. The molecule has 2 aromatic carbocycles. The van der Waals surface area contributed by atoms with Crippen molar-refractivity contribution in [2.45, 2.75) is 62.9 Å². The highest BCUT2D eigenvalue weighted by molar-refractivity contribution is 7.91. The van der Waals surface area contributed by atoms with Gasteiger partial charge in [0.15, 0.2) is 0 Å². The van der Waals surface area contributed by atoms with Gasteiger partial charge in [-0.15, -0.1) is 4.36 Å². The highest BCUT2D eigenvalue weighted by Gasteiger charge is 2.30. The summed E-state index contributed by atoms with van der Waals surface area (Å²) in [5.41, 5.74) is 2.09. The number of amides is 2. The summed E-state index contributed by atoms with van der Waals surface area (Å²) >= 11 is 0. The van der Waals surface area contributed by atoms with Crippen LogP contribution >= 0.6 is 13.5 Å². The smallest absolute Gasteiger partial charge is 0.354 e. The first-order valence-electron chi connectivity index (χ1n) is 10.2. The number of urea groups is 1. The van der Waals surface area contributed by atoms with E-state index in [1.165, 1.54) is 19.9 Å². The van der Waals surface area contributed by atoms with Gasteiger partial charge in [0.25, 0.3) is 0 Å². The van der Waals surface area contributed by atoms with E-state index >= 15 is 0 Å². The number of nitrogens with two attached hydrogens (primary N) is 1. The van der Waals surface area contributed by atoms with Crippen LogP contribution in [0.1, 0.15) is 54.5 Å². The molecule has 2 aliphatic carbocycles. The van der Waals surface area contributed by atoms with Gasteiger partial charge in [0, 0.05) is 5.69 Å². The molecule has 32 heavy (non-hydrogen) atoms. The zero-order valence-electron chi connectivity index (χ0n) is 17.9. The lowest BCUT2D eigenvalue weighted by atomic mass is 9.98. The third-order valence-corrected chi connectivity index (χ3v) is 7.28. The van der Waals surface area contributed by atoms with Crippen LogP contribution < -0.4 is 10.5 Å². The van der Waals surface area contributed by atoms with Gasteiger partial charge in [0.05, 0.1) is 10.5 Å². The van der Waals surface area contributed by atoms with Gasteiger partial charge in [-0.2, -0.15) is 13.5 Å². The normalized spacial score (nSPS) is 16.6. The van der Waals surface area contributed by atoms with Crippen molar-refractivity contribution in [3.63, 3.8) is 0 Å². The fourth-order valence-corrected chi connectivity index (χ4v) is 5.40. The Hall–Kier alpha value is -2.01. The van der Waals surface area contributed by atoms with E-state index in [1.54, 1.807) is 0 Å². The molecule has 0 heterocycles. The topological polar surface area (TPSA) is 105 Å². The molecule has 0 saturated carbocycles. The van der Waals surface area contributed by atoms with Crippen LogP contribution in [-0.2, 0) is 41.2 Å².